The molecule has 1 saturated heterocycles. The molecule has 0 aromatic heterocycles. The number of carboxylic acids is 1. The first kappa shape index (κ1) is 20.9. The maximum Gasteiger partial charge on any atom is 0.416 e. The summed E-state index contributed by atoms with van der Waals surface area (Å²) in [7, 11) is 0. The van der Waals surface area contributed by atoms with Crippen LogP contribution < -0.4 is 5.32 Å². The van der Waals surface area contributed by atoms with Crippen LogP contribution in [-0.2, 0) is 27.0 Å². The molecule has 2 N–H and O–H groups in total. The first-order valence-electron chi connectivity index (χ1n) is 9.76. The second-order valence-electron chi connectivity index (χ2n) is 7.68. The minimum Gasteiger partial charge on any atom is -0.480 e. The zero-order valence-corrected chi connectivity index (χ0v) is 16.3. The van der Waals surface area contributed by atoms with E-state index >= 15 is 0 Å². The Labute approximate surface area is 175 Å². The van der Waals surface area contributed by atoms with Gasteiger partial charge in [-0.1, -0.05) is 30.3 Å². The van der Waals surface area contributed by atoms with E-state index in [4.69, 9.17) is 5.11 Å². The van der Waals surface area contributed by atoms with E-state index in [1.807, 2.05) is 0 Å². The third kappa shape index (κ3) is 3.99. The summed E-state index contributed by atoms with van der Waals surface area (Å²) in [6.45, 7) is -0.556. The lowest BCUT2D eigenvalue weighted by atomic mass is 9.86. The van der Waals surface area contributed by atoms with Crippen LogP contribution in [0.3, 0.4) is 0 Å². The zero-order valence-electron chi connectivity index (χ0n) is 16.3. The first-order valence-corrected chi connectivity index (χ1v) is 9.76. The van der Waals surface area contributed by atoms with Crippen LogP contribution in [0.5, 0.6) is 0 Å². The van der Waals surface area contributed by atoms with Gasteiger partial charge in [-0.05, 0) is 40.8 Å². The van der Waals surface area contributed by atoms with Crippen molar-refractivity contribution in [1.82, 2.24) is 10.2 Å². The van der Waals surface area contributed by atoms with E-state index < -0.39 is 36.2 Å². The number of hydrogen-bond acceptors (Lipinski definition) is 3. The number of aliphatic carboxylic acids is 1. The molecule has 0 unspecified atom stereocenters. The number of amides is 2. The molecule has 31 heavy (non-hydrogen) atoms. The molecule has 0 aliphatic carbocycles. The molecule has 6 nitrogen and oxygen atoms in total. The minimum atomic E-state index is -4.46. The molecule has 1 fully saturated rings. The maximum absolute atomic E-state index is 13.1. The maximum atomic E-state index is 13.1. The van der Waals surface area contributed by atoms with E-state index in [9.17, 15) is 27.6 Å². The molecule has 4 rings (SSSR count). The lowest BCUT2D eigenvalue weighted by molar-refractivity contribution is -0.142. The number of fused-ring (bicyclic) bond motifs is 3. The van der Waals surface area contributed by atoms with Crippen molar-refractivity contribution in [1.29, 1.82) is 0 Å². The highest BCUT2D eigenvalue weighted by Gasteiger charge is 2.44. The van der Waals surface area contributed by atoms with Crippen LogP contribution in [0.15, 0.2) is 42.5 Å². The Bertz CT molecular complexity index is 1070. The normalized spacial score (nSPS) is 20.2. The highest BCUT2D eigenvalue weighted by molar-refractivity contribution is 5.91. The molecule has 9 heteroatoms. The van der Waals surface area contributed by atoms with Gasteiger partial charge in [-0.3, -0.25) is 14.4 Å². The van der Waals surface area contributed by atoms with Crippen LogP contribution in [0, 0.1) is 0 Å². The van der Waals surface area contributed by atoms with E-state index in [0.29, 0.717) is 17.5 Å². The van der Waals surface area contributed by atoms with Gasteiger partial charge in [0.05, 0.1) is 11.6 Å². The van der Waals surface area contributed by atoms with Crippen LogP contribution in [0.2, 0.25) is 0 Å². The summed E-state index contributed by atoms with van der Waals surface area (Å²) in [5.41, 5.74) is 1.85. The summed E-state index contributed by atoms with van der Waals surface area (Å²) in [6.07, 6.45) is -3.49. The molecule has 0 spiro atoms. The standard InChI is InChI=1S/C22H19F3N2O4/c23-22(24,25)15-3-1-2-12(9-15)13-4-5-16-14(8-13)10-18(21(31)26-11-20(29)30)27-17(16)6-7-19(27)28/h1-5,8-9,17-18H,6-7,10-11H2,(H,26,31)(H,29,30)/t17-,18+/m1/s1. The topological polar surface area (TPSA) is 86.7 Å². The summed E-state index contributed by atoms with van der Waals surface area (Å²) in [4.78, 5) is 37.3. The molecular weight excluding hydrogens is 413 g/mol. The van der Waals surface area contributed by atoms with Gasteiger partial charge < -0.3 is 15.3 Å². The summed E-state index contributed by atoms with van der Waals surface area (Å²) in [6, 6.07) is 9.12. The Morgan fingerprint density at radius 2 is 1.87 bits per heavy atom. The van der Waals surface area contributed by atoms with Gasteiger partial charge in [0.25, 0.3) is 0 Å². The number of carbonyl (C=O) groups is 3. The number of benzene rings is 2. The molecular formula is C22H19F3N2O4. The zero-order chi connectivity index (χ0) is 22.3. The molecule has 2 aromatic carbocycles. The van der Waals surface area contributed by atoms with Crippen LogP contribution >= 0.6 is 0 Å². The number of rotatable bonds is 4. The van der Waals surface area contributed by atoms with Gasteiger partial charge in [-0.25, -0.2) is 0 Å². The number of alkyl halides is 3. The van der Waals surface area contributed by atoms with E-state index in [-0.39, 0.29) is 24.8 Å². The molecule has 0 saturated carbocycles. The van der Waals surface area contributed by atoms with Crippen molar-refractivity contribution in [2.24, 2.45) is 0 Å². The van der Waals surface area contributed by atoms with Crippen molar-refractivity contribution in [3.8, 4) is 11.1 Å². The quantitative estimate of drug-likeness (QED) is 0.777. The Morgan fingerprint density at radius 1 is 1.13 bits per heavy atom. The Hall–Kier alpha value is -3.36. The average Bonchev–Trinajstić information content (AvgIpc) is 3.12. The number of nitrogens with one attached hydrogen (secondary N) is 1. The van der Waals surface area contributed by atoms with Gasteiger partial charge >= 0.3 is 12.1 Å². The molecule has 2 amide bonds. The predicted molar refractivity (Wildman–Crippen MR) is 104 cm³/mol. The van der Waals surface area contributed by atoms with Crippen molar-refractivity contribution in [2.75, 3.05) is 6.54 Å². The van der Waals surface area contributed by atoms with E-state index in [1.54, 1.807) is 24.3 Å². The van der Waals surface area contributed by atoms with Crippen LogP contribution in [0.1, 0.15) is 35.6 Å². The monoisotopic (exact) mass is 432 g/mol. The minimum absolute atomic E-state index is 0.163. The molecule has 162 valence electrons. The fraction of sp³-hybridized carbons (Fsp3) is 0.318. The summed E-state index contributed by atoms with van der Waals surface area (Å²) < 4.78 is 39.3. The third-order valence-electron chi connectivity index (χ3n) is 5.75. The van der Waals surface area contributed by atoms with Gasteiger partial charge in [0.15, 0.2) is 0 Å². The molecule has 2 atom stereocenters. The second-order valence-corrected chi connectivity index (χ2v) is 7.68. The largest absolute Gasteiger partial charge is 0.480 e. The highest BCUT2D eigenvalue weighted by atomic mass is 19.4. The molecule has 2 heterocycles. The van der Waals surface area contributed by atoms with Gasteiger partial charge in [-0.15, -0.1) is 0 Å². The summed E-state index contributed by atoms with van der Waals surface area (Å²) in [5, 5.41) is 11.2. The van der Waals surface area contributed by atoms with Crippen LogP contribution in [0.4, 0.5) is 13.2 Å². The molecule has 0 radical (unpaired) electrons. The second kappa shape index (κ2) is 7.72. The average molecular weight is 432 g/mol. The van der Waals surface area contributed by atoms with Crippen molar-refractivity contribution in [3.05, 3.63) is 59.2 Å². The Balaban J connectivity index is 1.69. The third-order valence-corrected chi connectivity index (χ3v) is 5.75. The fourth-order valence-electron chi connectivity index (χ4n) is 4.37. The van der Waals surface area contributed by atoms with Crippen molar-refractivity contribution >= 4 is 17.8 Å². The predicted octanol–water partition coefficient (Wildman–Crippen LogP) is 3.16. The number of nitrogens with zero attached hydrogens (tertiary/aromatic N) is 1. The van der Waals surface area contributed by atoms with Gasteiger partial charge in [0, 0.05) is 12.8 Å². The number of hydrogen-bond donors (Lipinski definition) is 2. The first-order chi connectivity index (χ1) is 14.6. The Kier molecular flexibility index (Phi) is 5.20. The fourth-order valence-corrected chi connectivity index (χ4v) is 4.37. The van der Waals surface area contributed by atoms with E-state index in [0.717, 1.165) is 23.3 Å². The molecule has 2 aliphatic heterocycles. The number of carboxylic acid groups (broad SMARTS) is 1. The van der Waals surface area contributed by atoms with Crippen LogP contribution in [-0.4, -0.2) is 40.4 Å². The number of halogens is 3. The number of carbonyl (C=O) groups excluding carboxylic acids is 2. The summed E-state index contributed by atoms with van der Waals surface area (Å²) >= 11 is 0. The highest BCUT2D eigenvalue weighted by Crippen LogP contribution is 2.42. The molecule has 2 aromatic rings. The van der Waals surface area contributed by atoms with Crippen LogP contribution in [0.25, 0.3) is 11.1 Å². The lowest BCUT2D eigenvalue weighted by Gasteiger charge is -2.38. The van der Waals surface area contributed by atoms with Gasteiger partial charge in [-0.2, -0.15) is 13.2 Å². The van der Waals surface area contributed by atoms with E-state index in [1.165, 1.54) is 11.0 Å². The van der Waals surface area contributed by atoms with Gasteiger partial charge in [0.2, 0.25) is 11.8 Å². The van der Waals surface area contributed by atoms with Crippen molar-refractivity contribution in [3.63, 3.8) is 0 Å². The SMILES string of the molecule is O=C(O)CNC(=O)[C@@H]1Cc2cc(-c3cccc(C(F)(F)F)c3)ccc2[C@H]2CCC(=O)N21. The van der Waals surface area contributed by atoms with E-state index in [2.05, 4.69) is 5.32 Å². The molecule has 0 bridgehead atoms. The summed E-state index contributed by atoms with van der Waals surface area (Å²) in [5.74, 6) is -1.92. The molecule has 2 aliphatic rings. The smallest absolute Gasteiger partial charge is 0.416 e. The van der Waals surface area contributed by atoms with Gasteiger partial charge in [0.1, 0.15) is 12.6 Å². The van der Waals surface area contributed by atoms with Crippen molar-refractivity contribution < 1.29 is 32.7 Å². The Morgan fingerprint density at radius 3 is 2.58 bits per heavy atom. The lowest BCUT2D eigenvalue weighted by Crippen LogP contribution is -2.52. The van der Waals surface area contributed by atoms with Crippen molar-refractivity contribution in [2.45, 2.75) is 37.5 Å².